The zero-order valence-electron chi connectivity index (χ0n) is 14.8. The minimum absolute atomic E-state index is 0.185. The van der Waals surface area contributed by atoms with E-state index < -0.39 is 6.04 Å². The van der Waals surface area contributed by atoms with Crippen LogP contribution in [-0.2, 0) is 4.79 Å². The Labute approximate surface area is 143 Å². The van der Waals surface area contributed by atoms with E-state index in [0.29, 0.717) is 28.9 Å². The first-order chi connectivity index (χ1) is 11.6. The van der Waals surface area contributed by atoms with Crippen molar-refractivity contribution in [2.24, 2.45) is 11.7 Å². The average molecular weight is 336 g/mol. The number of carbonyl (C=O) groups is 1. The summed E-state index contributed by atoms with van der Waals surface area (Å²) in [6, 6.07) is 2.89. The highest BCUT2D eigenvalue weighted by Gasteiger charge is 2.22. The van der Waals surface area contributed by atoms with Crippen LogP contribution in [0.15, 0.2) is 12.1 Å². The van der Waals surface area contributed by atoms with Crippen molar-refractivity contribution >= 4 is 11.6 Å². The van der Waals surface area contributed by atoms with E-state index in [1.165, 1.54) is 46.3 Å². The molecule has 1 saturated carbocycles. The third kappa shape index (κ3) is 4.54. The molecule has 0 bridgehead atoms. The number of rotatable bonds is 7. The molecule has 6 nitrogen and oxygen atoms in total. The predicted octanol–water partition coefficient (Wildman–Crippen LogP) is 2.95. The van der Waals surface area contributed by atoms with Gasteiger partial charge in [0.2, 0.25) is 11.7 Å². The monoisotopic (exact) mass is 336 g/mol. The van der Waals surface area contributed by atoms with Crippen molar-refractivity contribution in [1.82, 2.24) is 0 Å². The summed E-state index contributed by atoms with van der Waals surface area (Å²) in [7, 11) is 4.62. The van der Waals surface area contributed by atoms with Crippen LogP contribution in [0.25, 0.3) is 0 Å². The number of methoxy groups -OCH3 is 3. The van der Waals surface area contributed by atoms with Gasteiger partial charge in [-0.3, -0.25) is 4.79 Å². The van der Waals surface area contributed by atoms with Crippen molar-refractivity contribution in [2.75, 3.05) is 26.6 Å². The molecule has 0 radical (unpaired) electrons. The highest BCUT2D eigenvalue weighted by Crippen LogP contribution is 2.40. The molecule has 0 aromatic heterocycles. The first-order valence-corrected chi connectivity index (χ1v) is 8.45. The summed E-state index contributed by atoms with van der Waals surface area (Å²) in [6.45, 7) is 0. The van der Waals surface area contributed by atoms with E-state index in [9.17, 15) is 4.79 Å². The molecule has 1 aromatic carbocycles. The highest BCUT2D eigenvalue weighted by atomic mass is 16.5. The van der Waals surface area contributed by atoms with Gasteiger partial charge in [0.1, 0.15) is 0 Å². The van der Waals surface area contributed by atoms with Gasteiger partial charge in [0.15, 0.2) is 11.5 Å². The van der Waals surface area contributed by atoms with Crippen LogP contribution in [0.4, 0.5) is 5.69 Å². The Morgan fingerprint density at radius 2 is 1.71 bits per heavy atom. The Hall–Kier alpha value is -1.95. The molecule has 1 amide bonds. The summed E-state index contributed by atoms with van der Waals surface area (Å²) in [5.74, 6) is 1.85. The van der Waals surface area contributed by atoms with Gasteiger partial charge < -0.3 is 25.3 Å². The Morgan fingerprint density at radius 1 is 1.12 bits per heavy atom. The van der Waals surface area contributed by atoms with Crippen molar-refractivity contribution in [3.8, 4) is 17.2 Å². The second-order valence-electron chi connectivity index (χ2n) is 6.25. The molecule has 24 heavy (non-hydrogen) atoms. The summed E-state index contributed by atoms with van der Waals surface area (Å²) < 4.78 is 15.9. The summed E-state index contributed by atoms with van der Waals surface area (Å²) in [5.41, 5.74) is 6.67. The van der Waals surface area contributed by atoms with E-state index >= 15 is 0 Å². The van der Waals surface area contributed by atoms with Crippen LogP contribution in [0, 0.1) is 5.92 Å². The molecule has 1 atom stereocenters. The maximum Gasteiger partial charge on any atom is 0.241 e. The van der Waals surface area contributed by atoms with Crippen molar-refractivity contribution < 1.29 is 19.0 Å². The topological polar surface area (TPSA) is 82.8 Å². The summed E-state index contributed by atoms with van der Waals surface area (Å²) in [6.07, 6.45) is 6.85. The molecule has 1 unspecified atom stereocenters. The molecule has 1 aromatic rings. The third-order valence-electron chi connectivity index (χ3n) is 4.58. The van der Waals surface area contributed by atoms with Crippen molar-refractivity contribution in [3.63, 3.8) is 0 Å². The van der Waals surface area contributed by atoms with E-state index in [1.54, 1.807) is 19.2 Å². The normalized spacial score (nSPS) is 16.3. The first-order valence-electron chi connectivity index (χ1n) is 8.45. The van der Waals surface area contributed by atoms with Crippen LogP contribution in [0.2, 0.25) is 0 Å². The van der Waals surface area contributed by atoms with Crippen molar-refractivity contribution in [2.45, 2.75) is 44.6 Å². The van der Waals surface area contributed by atoms with Crippen LogP contribution < -0.4 is 25.3 Å². The van der Waals surface area contributed by atoms with Crippen LogP contribution in [-0.4, -0.2) is 33.3 Å². The Kier molecular flexibility index (Phi) is 6.73. The molecular weight excluding hydrogens is 308 g/mol. The second-order valence-corrected chi connectivity index (χ2v) is 6.25. The minimum Gasteiger partial charge on any atom is -0.493 e. The average Bonchev–Trinajstić information content (AvgIpc) is 2.61. The molecular formula is C18H28N2O4. The van der Waals surface area contributed by atoms with Gasteiger partial charge in [-0.1, -0.05) is 32.1 Å². The van der Waals surface area contributed by atoms with Crippen molar-refractivity contribution in [3.05, 3.63) is 12.1 Å². The van der Waals surface area contributed by atoms with Gasteiger partial charge in [-0.25, -0.2) is 0 Å². The number of ether oxygens (including phenoxy) is 3. The number of benzene rings is 1. The Bertz CT molecular complexity index is 531. The molecule has 1 aliphatic rings. The fourth-order valence-corrected chi connectivity index (χ4v) is 3.28. The molecule has 3 N–H and O–H groups in total. The molecule has 2 rings (SSSR count). The standard InChI is InChI=1S/C18H28N2O4/c1-22-15-10-13(11-16(23-2)17(15)24-3)20-18(21)14(19)9-12-7-5-4-6-8-12/h10-12,14H,4-9,19H2,1-3H3,(H,20,21). The van der Waals surface area contributed by atoms with Gasteiger partial charge >= 0.3 is 0 Å². The SMILES string of the molecule is COc1cc(NC(=O)C(N)CC2CCCCC2)cc(OC)c1OC. The quantitative estimate of drug-likeness (QED) is 0.800. The second kappa shape index (κ2) is 8.78. The molecule has 1 fully saturated rings. The first kappa shape index (κ1) is 18.4. The fourth-order valence-electron chi connectivity index (χ4n) is 3.28. The lowest BCUT2D eigenvalue weighted by Gasteiger charge is -2.24. The number of amides is 1. The van der Waals surface area contributed by atoms with E-state index in [0.717, 1.165) is 6.42 Å². The summed E-state index contributed by atoms with van der Waals surface area (Å²) in [5, 5.41) is 2.85. The zero-order valence-corrected chi connectivity index (χ0v) is 14.8. The molecule has 0 aliphatic heterocycles. The fraction of sp³-hybridized carbons (Fsp3) is 0.611. The van der Waals surface area contributed by atoms with E-state index in [1.807, 2.05) is 0 Å². The van der Waals surface area contributed by atoms with Crippen molar-refractivity contribution in [1.29, 1.82) is 0 Å². The van der Waals surface area contributed by atoms with Gasteiger partial charge in [-0.2, -0.15) is 0 Å². The molecule has 134 valence electrons. The number of carbonyl (C=O) groups excluding carboxylic acids is 1. The molecule has 0 saturated heterocycles. The third-order valence-corrected chi connectivity index (χ3v) is 4.58. The smallest absolute Gasteiger partial charge is 0.241 e. The maximum atomic E-state index is 12.4. The number of nitrogens with two attached hydrogens (primary N) is 1. The molecule has 1 aliphatic carbocycles. The van der Waals surface area contributed by atoms with Crippen LogP contribution in [0.1, 0.15) is 38.5 Å². The Balaban J connectivity index is 2.04. The van der Waals surface area contributed by atoms with Gasteiger partial charge in [0.05, 0.1) is 27.4 Å². The van der Waals surface area contributed by atoms with Gasteiger partial charge in [-0.05, 0) is 12.3 Å². The van der Waals surface area contributed by atoms with Gasteiger partial charge in [0.25, 0.3) is 0 Å². The summed E-state index contributed by atoms with van der Waals surface area (Å²) >= 11 is 0. The lowest BCUT2D eigenvalue weighted by atomic mass is 9.85. The predicted molar refractivity (Wildman–Crippen MR) is 93.9 cm³/mol. The summed E-state index contributed by atoms with van der Waals surface area (Å²) in [4.78, 5) is 12.4. The van der Waals surface area contributed by atoms with Crippen LogP contribution in [0.3, 0.4) is 0 Å². The van der Waals surface area contributed by atoms with Gasteiger partial charge in [-0.15, -0.1) is 0 Å². The molecule has 0 heterocycles. The Morgan fingerprint density at radius 3 is 2.21 bits per heavy atom. The van der Waals surface area contributed by atoms with Crippen LogP contribution in [0.5, 0.6) is 17.2 Å². The highest BCUT2D eigenvalue weighted by molar-refractivity contribution is 5.95. The number of anilines is 1. The molecule has 0 spiro atoms. The lowest BCUT2D eigenvalue weighted by molar-refractivity contribution is -0.117. The number of hydrogen-bond donors (Lipinski definition) is 2. The van der Waals surface area contributed by atoms with E-state index in [-0.39, 0.29) is 5.91 Å². The van der Waals surface area contributed by atoms with E-state index in [4.69, 9.17) is 19.9 Å². The van der Waals surface area contributed by atoms with E-state index in [2.05, 4.69) is 5.32 Å². The largest absolute Gasteiger partial charge is 0.493 e. The van der Waals surface area contributed by atoms with Crippen LogP contribution >= 0.6 is 0 Å². The zero-order chi connectivity index (χ0) is 17.5. The van der Waals surface area contributed by atoms with Gasteiger partial charge in [0, 0.05) is 17.8 Å². The lowest BCUT2D eigenvalue weighted by Crippen LogP contribution is -2.37. The maximum absolute atomic E-state index is 12.4. The number of hydrogen-bond acceptors (Lipinski definition) is 5. The number of nitrogens with one attached hydrogen (secondary N) is 1. The molecule has 6 heteroatoms. The minimum atomic E-state index is -0.507.